The number of pyridine rings is 1. The number of hydrogen-bond donors (Lipinski definition) is 0. The Morgan fingerprint density at radius 2 is 1.03 bits per heavy atom. The van der Waals surface area contributed by atoms with Gasteiger partial charge in [-0.05, 0) is 97.3 Å². The number of fused-ring (bicyclic) bond motifs is 4. The molecule has 0 saturated carbocycles. The predicted octanol–water partition coefficient (Wildman–Crippen LogP) is 19.8. The molecule has 0 N–H and O–H groups in total. The number of aromatic nitrogens is 2. The molecule has 0 saturated heterocycles. The van der Waals surface area contributed by atoms with E-state index in [1.165, 1.54) is 11.1 Å². The zero-order valence-corrected chi connectivity index (χ0v) is 48.5. The molecule has 5 nitrogen and oxygen atoms in total. The Morgan fingerprint density at radius 1 is 0.468 bits per heavy atom. The van der Waals surface area contributed by atoms with Crippen molar-refractivity contribution in [3.8, 4) is 61.8 Å². The number of para-hydroxylation sites is 3. The Hall–Kier alpha value is -7.98. The fraction of sp³-hybridized carbons (Fsp3) is 0.178. The van der Waals surface area contributed by atoms with Crippen LogP contribution in [-0.4, -0.2) is 9.55 Å². The molecular formula is C73H65N4OPt-3. The number of aryl methyl sites for hydroxylation is 1. The number of anilines is 4. The van der Waals surface area contributed by atoms with E-state index < -0.39 is 6.85 Å². The molecule has 0 unspecified atom stereocenters. The van der Waals surface area contributed by atoms with Gasteiger partial charge in [-0.15, -0.1) is 53.6 Å². The molecule has 1 aliphatic rings. The molecule has 0 atom stereocenters. The minimum atomic E-state index is -2.42. The van der Waals surface area contributed by atoms with E-state index in [2.05, 4.69) is 249 Å². The van der Waals surface area contributed by atoms with Crippen molar-refractivity contribution in [1.29, 1.82) is 0 Å². The first-order valence-corrected chi connectivity index (χ1v) is 26.9. The van der Waals surface area contributed by atoms with Crippen LogP contribution in [0.5, 0.6) is 11.5 Å². The average Bonchev–Trinajstić information content (AvgIpc) is 4.15. The van der Waals surface area contributed by atoms with Gasteiger partial charge in [-0.3, -0.25) is 0 Å². The molecule has 0 aliphatic carbocycles. The molecule has 0 amide bonds. The summed E-state index contributed by atoms with van der Waals surface area (Å²) in [5.74, 6) is 1.47. The number of rotatable bonds is 9. The fourth-order valence-corrected chi connectivity index (χ4v) is 10.8. The molecule has 11 aromatic rings. The quantitative estimate of drug-likeness (QED) is 0.135. The summed E-state index contributed by atoms with van der Waals surface area (Å²) >= 11 is 0. The molecule has 6 heteroatoms. The molecule has 0 fully saturated rings. The molecule has 1 aliphatic heterocycles. The van der Waals surface area contributed by atoms with Crippen LogP contribution in [0, 0.1) is 25.7 Å². The molecule has 0 bridgehead atoms. The Morgan fingerprint density at radius 3 is 1.63 bits per heavy atom. The van der Waals surface area contributed by atoms with Crippen molar-refractivity contribution in [2.24, 2.45) is 0 Å². The second-order valence-corrected chi connectivity index (χ2v) is 23.6. The minimum Gasteiger partial charge on any atom is -0.509 e. The van der Waals surface area contributed by atoms with Gasteiger partial charge >= 0.3 is 0 Å². The maximum Gasteiger partial charge on any atom is 0.135 e. The summed E-state index contributed by atoms with van der Waals surface area (Å²) in [6.45, 7) is 19.8. The standard InChI is InChI=1S/C73H65N4O.Pt/c1-48-40-69(74-46-64(48)51-22-15-12-16-23-51)77-65-39-32-53(49-28-33-54(34-29-49)71(2,3)4)41-63(65)62-38-37-58(45-68(62)77)78-59-43-56(73(8,9)10)42-57(44-59)75-47-76(67-27-18-17-26-66(67)75)70-60(50-20-13-11-14-21-50)24-19-25-61(70)52-30-35-55(36-31-52)72(5,6)7;/h11-43,46-47H,1-10H3;/q-3;/i1D3;. The molecule has 0 radical (unpaired) electrons. The first kappa shape index (κ1) is 49.3. The first-order valence-electron chi connectivity index (χ1n) is 28.4. The van der Waals surface area contributed by atoms with Crippen LogP contribution in [0.3, 0.4) is 0 Å². The van der Waals surface area contributed by atoms with Gasteiger partial charge in [0.25, 0.3) is 0 Å². The SMILES string of the molecule is [2H]C([2H])([2H])c1cc(-n2c3[c-]c(Oc4[c-]c(N5[CH-]N(c6c(-c7ccccc7)cccc6-c6ccc(C(C)(C)C)cc6)c6ccccc65)cc(C(C)(C)C)c4)ccc3c3cc(-c4ccc(C(C)(C)C)cc4)ccc32)ncc1-c1ccccc1.[Pt]. The maximum atomic E-state index is 8.75. The number of nitrogens with zero attached hydrogens (tertiary/aromatic N) is 4. The van der Waals surface area contributed by atoms with Crippen molar-refractivity contribution < 1.29 is 29.9 Å². The van der Waals surface area contributed by atoms with Crippen LogP contribution in [-0.2, 0) is 37.3 Å². The van der Waals surface area contributed by atoms with Gasteiger partial charge in [-0.1, -0.05) is 219 Å². The zero-order chi connectivity index (χ0) is 56.6. The van der Waals surface area contributed by atoms with E-state index >= 15 is 0 Å². The number of ether oxygens (including phenoxy) is 1. The number of hydrogen-bond acceptors (Lipinski definition) is 4. The van der Waals surface area contributed by atoms with Crippen molar-refractivity contribution in [2.45, 2.75) is 85.4 Å². The molecule has 2 aromatic heterocycles. The third-order valence-corrected chi connectivity index (χ3v) is 15.2. The monoisotopic (exact) mass is 1210 g/mol. The minimum absolute atomic E-state index is 0. The third-order valence-electron chi connectivity index (χ3n) is 15.2. The average molecular weight is 1210 g/mol. The van der Waals surface area contributed by atoms with Crippen LogP contribution in [0.1, 0.15) is 88.7 Å². The fourth-order valence-electron chi connectivity index (χ4n) is 10.8. The zero-order valence-electron chi connectivity index (χ0n) is 49.2. The summed E-state index contributed by atoms with van der Waals surface area (Å²) in [4.78, 5) is 9.58. The summed E-state index contributed by atoms with van der Waals surface area (Å²) in [6.07, 6.45) is 1.68. The van der Waals surface area contributed by atoms with E-state index in [0.717, 1.165) is 83.5 Å². The van der Waals surface area contributed by atoms with E-state index in [0.29, 0.717) is 28.4 Å². The molecule has 3 heterocycles. The van der Waals surface area contributed by atoms with E-state index in [9.17, 15) is 0 Å². The van der Waals surface area contributed by atoms with Crippen molar-refractivity contribution in [2.75, 3.05) is 9.80 Å². The Labute approximate surface area is 485 Å². The molecule has 396 valence electrons. The summed E-state index contributed by atoms with van der Waals surface area (Å²) in [6, 6.07) is 77.0. The molecule has 0 spiro atoms. The van der Waals surface area contributed by atoms with E-state index in [4.69, 9.17) is 13.8 Å². The van der Waals surface area contributed by atoms with Gasteiger partial charge in [-0.25, -0.2) is 4.98 Å². The van der Waals surface area contributed by atoms with Crippen molar-refractivity contribution in [1.82, 2.24) is 9.55 Å². The van der Waals surface area contributed by atoms with Crippen LogP contribution in [0.4, 0.5) is 22.7 Å². The Balaban J connectivity index is 0.00000705. The molecule has 79 heavy (non-hydrogen) atoms. The van der Waals surface area contributed by atoms with Crippen LogP contribution >= 0.6 is 0 Å². The Kier molecular flexibility index (Phi) is 12.9. The molecule has 9 aromatic carbocycles. The van der Waals surface area contributed by atoms with Crippen molar-refractivity contribution in [3.63, 3.8) is 0 Å². The van der Waals surface area contributed by atoms with Crippen molar-refractivity contribution >= 4 is 44.6 Å². The van der Waals surface area contributed by atoms with Crippen molar-refractivity contribution in [3.05, 3.63) is 247 Å². The number of benzene rings is 9. The van der Waals surface area contributed by atoms with Gasteiger partial charge in [0.2, 0.25) is 0 Å². The smallest absolute Gasteiger partial charge is 0.135 e. The second-order valence-electron chi connectivity index (χ2n) is 23.6. The molecule has 12 rings (SSSR count). The van der Waals surface area contributed by atoms with Gasteiger partial charge in [0, 0.05) is 82.1 Å². The first-order chi connectivity index (χ1) is 38.7. The normalized spacial score (nSPS) is 13.5. The second kappa shape index (κ2) is 20.7. The summed E-state index contributed by atoms with van der Waals surface area (Å²) < 4.78 is 35.3. The largest absolute Gasteiger partial charge is 0.509 e. The maximum absolute atomic E-state index is 8.75. The third kappa shape index (κ3) is 10.2. The van der Waals surface area contributed by atoms with Gasteiger partial charge in [0.05, 0.1) is 0 Å². The predicted molar refractivity (Wildman–Crippen MR) is 327 cm³/mol. The van der Waals surface area contributed by atoms with E-state index in [-0.39, 0.29) is 42.9 Å². The van der Waals surface area contributed by atoms with Gasteiger partial charge in [0.1, 0.15) is 5.82 Å². The summed E-state index contributed by atoms with van der Waals surface area (Å²) in [7, 11) is 0. The van der Waals surface area contributed by atoms with Gasteiger partial charge in [-0.2, -0.15) is 6.07 Å². The topological polar surface area (TPSA) is 33.5 Å². The Bertz CT molecular complexity index is 4150. The van der Waals surface area contributed by atoms with Crippen LogP contribution in [0.25, 0.3) is 72.1 Å². The van der Waals surface area contributed by atoms with Crippen LogP contribution in [0.15, 0.2) is 206 Å². The van der Waals surface area contributed by atoms with Gasteiger partial charge < -0.3 is 19.1 Å². The van der Waals surface area contributed by atoms with E-state index in [1.807, 2.05) is 41.0 Å². The molecular weight excluding hydrogens is 1140 g/mol. The summed E-state index contributed by atoms with van der Waals surface area (Å²) in [5, 5.41) is 1.90. The van der Waals surface area contributed by atoms with Crippen LogP contribution < -0.4 is 14.5 Å². The summed E-state index contributed by atoms with van der Waals surface area (Å²) in [5.41, 5.74) is 17.1. The van der Waals surface area contributed by atoms with Gasteiger partial charge in [0.15, 0.2) is 0 Å². The van der Waals surface area contributed by atoms with Crippen LogP contribution in [0.2, 0.25) is 0 Å². The van der Waals surface area contributed by atoms with E-state index in [1.54, 1.807) is 12.3 Å².